The van der Waals surface area contributed by atoms with Crippen molar-refractivity contribution in [1.29, 1.82) is 0 Å². The number of hydrogen-bond acceptors (Lipinski definition) is 8. The molecule has 0 amide bonds. The Balaban J connectivity index is 4.42. The summed E-state index contributed by atoms with van der Waals surface area (Å²) in [7, 11) is -4.31. The van der Waals surface area contributed by atoms with Crippen LogP contribution in [0.3, 0.4) is 0 Å². The van der Waals surface area contributed by atoms with Gasteiger partial charge in [-0.05, 0) is 6.42 Å². The van der Waals surface area contributed by atoms with E-state index >= 15 is 0 Å². The molecule has 0 saturated carbocycles. The Morgan fingerprint density at radius 1 is 1.04 bits per heavy atom. The van der Waals surface area contributed by atoms with E-state index in [2.05, 4.69) is 11.4 Å². The minimum Gasteiger partial charge on any atom is -0.462 e. The monoisotopic (exact) mass is 397 g/mol. The van der Waals surface area contributed by atoms with Crippen molar-refractivity contribution in [3.8, 4) is 0 Å². The first-order chi connectivity index (χ1) is 12.3. The third-order valence-corrected chi connectivity index (χ3v) is 4.28. The molecule has 0 heterocycles. The number of hydrogen-bond donors (Lipinski definition) is 2. The summed E-state index contributed by atoms with van der Waals surface area (Å²) in [6.07, 6.45) is 4.30. The third-order valence-electron chi connectivity index (χ3n) is 3.30. The lowest BCUT2D eigenvalue weighted by Crippen LogP contribution is -2.29. The molecule has 0 aromatic heterocycles. The molecule has 0 aromatic carbocycles. The SMILES string of the molecule is CCCCCCCC(=O)OC(COC(=O)CC)COP(=O)(O)OCCN. The summed E-state index contributed by atoms with van der Waals surface area (Å²) in [5.74, 6) is -0.949. The van der Waals surface area contributed by atoms with E-state index in [1.807, 2.05) is 0 Å². The summed E-state index contributed by atoms with van der Waals surface area (Å²) in [6.45, 7) is 2.94. The predicted octanol–water partition coefficient (Wildman–Crippen LogP) is 2.30. The molecule has 0 bridgehead atoms. The van der Waals surface area contributed by atoms with Crippen molar-refractivity contribution in [2.45, 2.75) is 64.9 Å². The molecule has 9 nitrogen and oxygen atoms in total. The minimum absolute atomic E-state index is 0.0540. The van der Waals surface area contributed by atoms with E-state index < -0.39 is 32.5 Å². The smallest absolute Gasteiger partial charge is 0.462 e. The van der Waals surface area contributed by atoms with Crippen molar-refractivity contribution >= 4 is 19.8 Å². The Morgan fingerprint density at radius 3 is 2.35 bits per heavy atom. The highest BCUT2D eigenvalue weighted by molar-refractivity contribution is 7.47. The molecule has 0 fully saturated rings. The van der Waals surface area contributed by atoms with Crippen LogP contribution in [-0.4, -0.2) is 49.3 Å². The molecule has 0 aliphatic rings. The van der Waals surface area contributed by atoms with Gasteiger partial charge in [0.05, 0.1) is 13.2 Å². The molecule has 0 spiro atoms. The molecule has 0 aliphatic carbocycles. The van der Waals surface area contributed by atoms with E-state index in [4.69, 9.17) is 19.7 Å². The van der Waals surface area contributed by atoms with Gasteiger partial charge in [-0.3, -0.25) is 18.6 Å². The van der Waals surface area contributed by atoms with Crippen molar-refractivity contribution in [3.63, 3.8) is 0 Å². The van der Waals surface area contributed by atoms with Gasteiger partial charge in [0.15, 0.2) is 6.10 Å². The highest BCUT2D eigenvalue weighted by Crippen LogP contribution is 2.43. The fourth-order valence-corrected chi connectivity index (χ4v) is 2.67. The summed E-state index contributed by atoms with van der Waals surface area (Å²) in [6, 6.07) is 0. The van der Waals surface area contributed by atoms with E-state index in [1.165, 1.54) is 0 Å². The average Bonchev–Trinajstić information content (AvgIpc) is 2.61. The topological polar surface area (TPSA) is 134 Å². The van der Waals surface area contributed by atoms with Crippen LogP contribution in [0.15, 0.2) is 0 Å². The molecule has 2 unspecified atom stereocenters. The van der Waals surface area contributed by atoms with Crippen LogP contribution in [0.1, 0.15) is 58.8 Å². The Hall–Kier alpha value is -0.990. The van der Waals surface area contributed by atoms with Gasteiger partial charge in [-0.2, -0.15) is 0 Å². The van der Waals surface area contributed by atoms with Crippen molar-refractivity contribution in [2.75, 3.05) is 26.4 Å². The summed E-state index contributed by atoms with van der Waals surface area (Å²) in [4.78, 5) is 32.7. The van der Waals surface area contributed by atoms with Gasteiger partial charge >= 0.3 is 19.8 Å². The lowest BCUT2D eigenvalue weighted by Gasteiger charge is -2.19. The zero-order valence-corrected chi connectivity index (χ0v) is 16.6. The van der Waals surface area contributed by atoms with Gasteiger partial charge in [0.2, 0.25) is 0 Å². The Morgan fingerprint density at radius 2 is 1.73 bits per heavy atom. The quantitative estimate of drug-likeness (QED) is 0.228. The molecule has 10 heteroatoms. The van der Waals surface area contributed by atoms with Crippen LogP contribution < -0.4 is 5.73 Å². The van der Waals surface area contributed by atoms with Gasteiger partial charge in [-0.1, -0.05) is 39.5 Å². The van der Waals surface area contributed by atoms with Gasteiger partial charge in [-0.25, -0.2) is 4.57 Å². The van der Waals surface area contributed by atoms with E-state index in [9.17, 15) is 19.0 Å². The number of carbonyl (C=O) groups excluding carboxylic acids is 2. The molecule has 2 atom stereocenters. The molecule has 0 radical (unpaired) electrons. The molecule has 0 saturated heterocycles. The Labute approximate surface area is 155 Å². The van der Waals surface area contributed by atoms with Gasteiger partial charge in [0.1, 0.15) is 6.61 Å². The lowest BCUT2D eigenvalue weighted by molar-refractivity contribution is -0.161. The van der Waals surface area contributed by atoms with Crippen LogP contribution in [0.4, 0.5) is 0 Å². The molecular weight excluding hydrogens is 365 g/mol. The Bertz CT molecular complexity index is 446. The van der Waals surface area contributed by atoms with Crippen LogP contribution in [0, 0.1) is 0 Å². The molecule has 3 N–H and O–H groups in total. The first-order valence-electron chi connectivity index (χ1n) is 9.01. The maximum atomic E-state index is 11.9. The second-order valence-corrected chi connectivity index (χ2v) is 7.15. The zero-order chi connectivity index (χ0) is 19.8. The highest BCUT2D eigenvalue weighted by Gasteiger charge is 2.25. The number of ether oxygens (including phenoxy) is 2. The van der Waals surface area contributed by atoms with Crippen molar-refractivity contribution < 1.29 is 37.6 Å². The van der Waals surface area contributed by atoms with Crippen LogP contribution in [0.2, 0.25) is 0 Å². The largest absolute Gasteiger partial charge is 0.472 e. The molecule has 26 heavy (non-hydrogen) atoms. The third kappa shape index (κ3) is 14.2. The zero-order valence-electron chi connectivity index (χ0n) is 15.7. The summed E-state index contributed by atoms with van der Waals surface area (Å²) >= 11 is 0. The van der Waals surface area contributed by atoms with Crippen molar-refractivity contribution in [2.24, 2.45) is 5.73 Å². The van der Waals surface area contributed by atoms with E-state index in [0.29, 0.717) is 6.42 Å². The number of esters is 2. The predicted molar refractivity (Wildman–Crippen MR) is 95.3 cm³/mol. The van der Waals surface area contributed by atoms with Crippen LogP contribution in [0.25, 0.3) is 0 Å². The maximum absolute atomic E-state index is 11.9. The summed E-state index contributed by atoms with van der Waals surface area (Å²) in [5, 5.41) is 0. The molecule has 0 rings (SSSR count). The van der Waals surface area contributed by atoms with Crippen molar-refractivity contribution in [3.05, 3.63) is 0 Å². The number of phosphoric ester groups is 1. The lowest BCUT2D eigenvalue weighted by atomic mass is 10.1. The van der Waals surface area contributed by atoms with Crippen LogP contribution >= 0.6 is 7.82 Å². The van der Waals surface area contributed by atoms with E-state index in [1.54, 1.807) is 6.92 Å². The average molecular weight is 397 g/mol. The minimum atomic E-state index is -4.31. The van der Waals surface area contributed by atoms with Gasteiger partial charge in [0.25, 0.3) is 0 Å². The standard InChI is InChI=1S/C16H32NO8P/c1-3-5-6-7-8-9-16(19)25-14(12-22-15(18)4-2)13-24-26(20,21)23-11-10-17/h14H,3-13,17H2,1-2H3,(H,20,21). The number of unbranched alkanes of at least 4 members (excludes halogenated alkanes) is 4. The van der Waals surface area contributed by atoms with Crippen molar-refractivity contribution in [1.82, 2.24) is 0 Å². The molecule has 0 aromatic rings. The second kappa shape index (κ2) is 15.1. The normalized spacial score (nSPS) is 14.5. The van der Waals surface area contributed by atoms with Gasteiger partial charge in [-0.15, -0.1) is 0 Å². The number of nitrogens with two attached hydrogens (primary N) is 1. The van der Waals surface area contributed by atoms with E-state index in [0.717, 1.165) is 25.7 Å². The van der Waals surface area contributed by atoms with Crippen LogP contribution in [-0.2, 0) is 32.7 Å². The number of rotatable bonds is 16. The molecule has 0 aliphatic heterocycles. The maximum Gasteiger partial charge on any atom is 0.472 e. The number of carbonyl (C=O) groups is 2. The number of phosphoric acid groups is 1. The Kier molecular flexibility index (Phi) is 14.5. The van der Waals surface area contributed by atoms with Gasteiger partial charge in [0, 0.05) is 19.4 Å². The first-order valence-corrected chi connectivity index (χ1v) is 10.5. The first kappa shape index (κ1) is 25.0. The summed E-state index contributed by atoms with van der Waals surface area (Å²) < 4.78 is 31.1. The fourth-order valence-electron chi connectivity index (χ4n) is 1.90. The second-order valence-electron chi connectivity index (χ2n) is 5.70. The molecular formula is C16H32NO8P. The van der Waals surface area contributed by atoms with Gasteiger partial charge < -0.3 is 20.1 Å². The highest BCUT2D eigenvalue weighted by atomic mass is 31.2. The van der Waals surface area contributed by atoms with Crippen LogP contribution in [0.5, 0.6) is 0 Å². The molecule has 154 valence electrons. The summed E-state index contributed by atoms with van der Waals surface area (Å²) in [5.41, 5.74) is 5.19. The van der Waals surface area contributed by atoms with E-state index in [-0.39, 0.29) is 32.6 Å². The fraction of sp³-hybridized carbons (Fsp3) is 0.875.